The van der Waals surface area contributed by atoms with Gasteiger partial charge in [-0.15, -0.1) is 11.3 Å². The molecule has 3 aromatic heterocycles. The number of carbonyl (C=O) groups is 4. The van der Waals surface area contributed by atoms with E-state index < -0.39 is 35.7 Å². The maximum Gasteiger partial charge on any atom is 0.273 e. The SMILES string of the molecule is CC(C)[C@@H]1NC(=O)CN(C(=O)c2cncc(O)c2)CCNC(=O)c2coc(n2)[C@H](Cc2ccccc2)NC(=O)c2csc1n2. The number of hydrogen-bond donors (Lipinski definition) is 4. The molecule has 0 fully saturated rings. The Morgan fingerprint density at radius 1 is 1.09 bits per heavy atom. The number of oxazole rings is 1. The van der Waals surface area contributed by atoms with Crippen LogP contribution < -0.4 is 16.0 Å². The van der Waals surface area contributed by atoms with Gasteiger partial charge in [0.25, 0.3) is 17.7 Å². The van der Waals surface area contributed by atoms with E-state index in [4.69, 9.17) is 4.42 Å². The van der Waals surface area contributed by atoms with Gasteiger partial charge in [-0.2, -0.15) is 0 Å². The number of nitrogens with zero attached hydrogens (tertiary/aromatic N) is 4. The van der Waals surface area contributed by atoms with Crippen molar-refractivity contribution in [3.05, 3.63) is 93.8 Å². The van der Waals surface area contributed by atoms with Crippen LogP contribution in [0.4, 0.5) is 0 Å². The lowest BCUT2D eigenvalue weighted by molar-refractivity contribution is -0.122. The lowest BCUT2D eigenvalue weighted by atomic mass is 10.0. The van der Waals surface area contributed by atoms with Crippen LogP contribution in [0.25, 0.3) is 0 Å². The topological polar surface area (TPSA) is 180 Å². The molecular formula is C30H31N7O6S. The van der Waals surface area contributed by atoms with Crippen molar-refractivity contribution >= 4 is 35.0 Å². The molecule has 4 heterocycles. The number of rotatable bonds is 4. The highest BCUT2D eigenvalue weighted by Crippen LogP contribution is 2.26. The van der Waals surface area contributed by atoms with Gasteiger partial charge in [0.15, 0.2) is 5.69 Å². The first-order valence-corrected chi connectivity index (χ1v) is 14.8. The van der Waals surface area contributed by atoms with Gasteiger partial charge in [0.05, 0.1) is 24.3 Å². The number of nitrogens with one attached hydrogen (secondary N) is 3. The molecule has 0 unspecified atom stereocenters. The Bertz CT molecular complexity index is 1650. The second kappa shape index (κ2) is 13.5. The molecule has 0 saturated heterocycles. The number of fused-ring (bicyclic) bond motifs is 4. The Kier molecular flexibility index (Phi) is 9.29. The van der Waals surface area contributed by atoms with Crippen molar-refractivity contribution in [1.82, 2.24) is 35.8 Å². The summed E-state index contributed by atoms with van der Waals surface area (Å²) in [5.41, 5.74) is 1.13. The Hall–Kier alpha value is -5.11. The van der Waals surface area contributed by atoms with Crippen LogP contribution in [0.2, 0.25) is 0 Å². The van der Waals surface area contributed by atoms with Crippen LogP contribution >= 0.6 is 11.3 Å². The summed E-state index contributed by atoms with van der Waals surface area (Å²) in [5, 5.41) is 20.5. The van der Waals surface area contributed by atoms with E-state index in [1.54, 1.807) is 5.38 Å². The molecule has 0 saturated carbocycles. The fourth-order valence-corrected chi connectivity index (χ4v) is 5.67. The largest absolute Gasteiger partial charge is 0.506 e. The van der Waals surface area contributed by atoms with Crippen molar-refractivity contribution < 1.29 is 28.7 Å². The van der Waals surface area contributed by atoms with Gasteiger partial charge < -0.3 is 30.4 Å². The van der Waals surface area contributed by atoms with E-state index >= 15 is 0 Å². The van der Waals surface area contributed by atoms with Gasteiger partial charge in [0.1, 0.15) is 28.8 Å². The minimum atomic E-state index is -0.708. The quantitative estimate of drug-likeness (QED) is 0.268. The number of benzene rings is 1. The minimum absolute atomic E-state index is 0.0140. The van der Waals surface area contributed by atoms with Gasteiger partial charge in [-0.1, -0.05) is 44.2 Å². The van der Waals surface area contributed by atoms with Crippen LogP contribution in [-0.2, 0) is 11.2 Å². The molecule has 0 aliphatic carbocycles. The van der Waals surface area contributed by atoms with Gasteiger partial charge in [0.2, 0.25) is 11.8 Å². The number of hydrogen-bond acceptors (Lipinski definition) is 10. The number of aromatic hydroxyl groups is 1. The molecule has 1 aliphatic heterocycles. The summed E-state index contributed by atoms with van der Waals surface area (Å²) in [6, 6.07) is 9.46. The molecule has 4 amide bonds. The molecule has 1 aromatic carbocycles. The van der Waals surface area contributed by atoms with Crippen LogP contribution in [-0.4, -0.2) is 68.2 Å². The number of aromatic nitrogens is 3. The molecule has 0 radical (unpaired) electrons. The summed E-state index contributed by atoms with van der Waals surface area (Å²) in [6.45, 7) is 3.43. The summed E-state index contributed by atoms with van der Waals surface area (Å²) < 4.78 is 5.66. The van der Waals surface area contributed by atoms with E-state index in [1.165, 1.54) is 41.0 Å². The Labute approximate surface area is 256 Å². The molecular weight excluding hydrogens is 586 g/mol. The van der Waals surface area contributed by atoms with Crippen molar-refractivity contribution in [3.63, 3.8) is 0 Å². The third-order valence-electron chi connectivity index (χ3n) is 6.90. The molecule has 2 atom stereocenters. The van der Waals surface area contributed by atoms with Crippen molar-refractivity contribution in [2.24, 2.45) is 5.92 Å². The van der Waals surface area contributed by atoms with E-state index in [0.29, 0.717) is 11.4 Å². The monoisotopic (exact) mass is 617 g/mol. The molecule has 4 bridgehead atoms. The molecule has 13 nitrogen and oxygen atoms in total. The van der Waals surface area contributed by atoms with E-state index in [1.807, 2.05) is 44.2 Å². The zero-order valence-corrected chi connectivity index (χ0v) is 24.8. The third kappa shape index (κ3) is 7.26. The molecule has 0 spiro atoms. The number of carbonyl (C=O) groups excluding carboxylic acids is 4. The molecule has 44 heavy (non-hydrogen) atoms. The van der Waals surface area contributed by atoms with E-state index in [-0.39, 0.29) is 54.1 Å². The predicted octanol–water partition coefficient (Wildman–Crippen LogP) is 2.64. The van der Waals surface area contributed by atoms with Crippen LogP contribution in [0.15, 0.2) is 64.9 Å². The second-order valence-corrected chi connectivity index (χ2v) is 11.5. The summed E-state index contributed by atoms with van der Waals surface area (Å²) in [4.78, 5) is 66.9. The lowest BCUT2D eigenvalue weighted by Crippen LogP contribution is -2.45. The summed E-state index contributed by atoms with van der Waals surface area (Å²) >= 11 is 1.23. The van der Waals surface area contributed by atoms with Crippen LogP contribution in [0, 0.1) is 5.92 Å². The van der Waals surface area contributed by atoms with Gasteiger partial charge in [-0.25, -0.2) is 9.97 Å². The van der Waals surface area contributed by atoms with E-state index in [2.05, 4.69) is 30.9 Å². The van der Waals surface area contributed by atoms with Gasteiger partial charge >= 0.3 is 0 Å². The highest BCUT2D eigenvalue weighted by molar-refractivity contribution is 7.09. The molecule has 1 aliphatic rings. The molecule has 4 N–H and O–H groups in total. The number of amides is 4. The Balaban J connectivity index is 1.47. The smallest absolute Gasteiger partial charge is 0.273 e. The molecule has 5 rings (SSSR count). The highest BCUT2D eigenvalue weighted by Gasteiger charge is 2.28. The predicted molar refractivity (Wildman–Crippen MR) is 159 cm³/mol. The lowest BCUT2D eigenvalue weighted by Gasteiger charge is -2.25. The van der Waals surface area contributed by atoms with Gasteiger partial charge in [-0.3, -0.25) is 24.2 Å². The second-order valence-electron chi connectivity index (χ2n) is 10.6. The van der Waals surface area contributed by atoms with Crippen molar-refractivity contribution in [2.45, 2.75) is 32.4 Å². The minimum Gasteiger partial charge on any atom is -0.506 e. The normalized spacial score (nSPS) is 18.2. The standard InChI is InChI=1S/C30H31N7O6S/c1-17(2)25-29-35-23(16-44-29)27(41)33-21(10-18-6-4-3-5-7-18)28-34-22(15-43-28)26(40)32-8-9-37(14-24(39)36-25)30(42)19-11-20(38)13-31-12-19/h3-7,11-13,15-17,21,25,38H,8-10,14H2,1-2H3,(H,32,40)(H,33,41)(H,36,39)/t21-,25-/m0/s1. The summed E-state index contributed by atoms with van der Waals surface area (Å²) in [5.74, 6) is -2.22. The van der Waals surface area contributed by atoms with E-state index in [9.17, 15) is 24.3 Å². The van der Waals surface area contributed by atoms with Crippen LogP contribution in [0.1, 0.15) is 73.7 Å². The summed E-state index contributed by atoms with van der Waals surface area (Å²) in [7, 11) is 0. The molecule has 14 heteroatoms. The number of thiazole rings is 1. The van der Waals surface area contributed by atoms with Crippen molar-refractivity contribution in [3.8, 4) is 5.75 Å². The maximum atomic E-state index is 13.4. The zero-order chi connectivity index (χ0) is 31.2. The average Bonchev–Trinajstić information content (AvgIpc) is 3.70. The van der Waals surface area contributed by atoms with Crippen molar-refractivity contribution in [1.29, 1.82) is 0 Å². The molecule has 228 valence electrons. The van der Waals surface area contributed by atoms with E-state index in [0.717, 1.165) is 5.56 Å². The molecule has 4 aromatic rings. The van der Waals surface area contributed by atoms with Gasteiger partial charge in [0, 0.05) is 31.1 Å². The zero-order valence-electron chi connectivity index (χ0n) is 24.0. The fraction of sp³-hybridized carbons (Fsp3) is 0.300. The van der Waals surface area contributed by atoms with Crippen LogP contribution in [0.3, 0.4) is 0 Å². The third-order valence-corrected chi connectivity index (χ3v) is 7.83. The number of pyridine rings is 1. The van der Waals surface area contributed by atoms with Gasteiger partial charge in [-0.05, 0) is 17.5 Å². The van der Waals surface area contributed by atoms with Crippen molar-refractivity contribution in [2.75, 3.05) is 19.6 Å². The first-order chi connectivity index (χ1) is 21.2. The fourth-order valence-electron chi connectivity index (χ4n) is 4.65. The highest BCUT2D eigenvalue weighted by atomic mass is 32.1. The first-order valence-electron chi connectivity index (χ1n) is 13.9. The summed E-state index contributed by atoms with van der Waals surface area (Å²) in [6.07, 6.45) is 4.02. The van der Waals surface area contributed by atoms with Crippen LogP contribution in [0.5, 0.6) is 5.75 Å². The maximum absolute atomic E-state index is 13.4. The average molecular weight is 618 g/mol. The first kappa shape index (κ1) is 30.4. The Morgan fingerprint density at radius 2 is 1.89 bits per heavy atom. The Morgan fingerprint density at radius 3 is 2.64 bits per heavy atom.